The van der Waals surface area contributed by atoms with Gasteiger partial charge >= 0.3 is 0 Å². The minimum Gasteiger partial charge on any atom is -0.375 e. The average molecular weight is 222 g/mol. The molecule has 0 aromatic carbocycles. The first-order valence-corrected chi connectivity index (χ1v) is 5.78. The van der Waals surface area contributed by atoms with Crippen molar-refractivity contribution in [3.63, 3.8) is 0 Å². The van der Waals surface area contributed by atoms with E-state index in [2.05, 4.69) is 23.9 Å². The van der Waals surface area contributed by atoms with Gasteiger partial charge in [0, 0.05) is 18.1 Å². The molecule has 0 unspecified atom stereocenters. The summed E-state index contributed by atoms with van der Waals surface area (Å²) in [6, 6.07) is 1.97. The first-order chi connectivity index (χ1) is 7.15. The van der Waals surface area contributed by atoms with Gasteiger partial charge < -0.3 is 5.73 Å². The minimum absolute atomic E-state index is 0.586. The maximum Gasteiger partial charge on any atom is 0.180 e. The lowest BCUT2D eigenvalue weighted by molar-refractivity contribution is 0.484. The van der Waals surface area contributed by atoms with Crippen LogP contribution in [0.3, 0.4) is 0 Å². The van der Waals surface area contributed by atoms with E-state index in [9.17, 15) is 0 Å². The van der Waals surface area contributed by atoms with Gasteiger partial charge in [-0.3, -0.25) is 4.68 Å². The molecule has 0 bridgehead atoms. The van der Waals surface area contributed by atoms with Gasteiger partial charge in [0.05, 0.1) is 0 Å². The number of thiazole rings is 1. The Bertz CT molecular complexity index is 444. The Morgan fingerprint density at radius 1 is 1.47 bits per heavy atom. The van der Waals surface area contributed by atoms with Gasteiger partial charge in [0.15, 0.2) is 5.13 Å². The normalized spacial score (nSPS) is 11.1. The largest absolute Gasteiger partial charge is 0.375 e. The quantitative estimate of drug-likeness (QED) is 0.866. The summed E-state index contributed by atoms with van der Waals surface area (Å²) in [4.78, 5) is 4.19. The predicted molar refractivity (Wildman–Crippen MR) is 62.6 cm³/mol. The van der Waals surface area contributed by atoms with Crippen LogP contribution in [-0.2, 0) is 6.54 Å². The second kappa shape index (κ2) is 4.02. The Hall–Kier alpha value is -1.36. The van der Waals surface area contributed by atoms with Crippen LogP contribution in [0.25, 0.3) is 11.4 Å². The highest BCUT2D eigenvalue weighted by molar-refractivity contribution is 7.13. The van der Waals surface area contributed by atoms with E-state index < -0.39 is 0 Å². The number of nitrogen functional groups attached to an aromatic ring is 1. The highest BCUT2D eigenvalue weighted by atomic mass is 32.1. The van der Waals surface area contributed by atoms with E-state index in [1.807, 2.05) is 22.3 Å². The second-order valence-corrected chi connectivity index (χ2v) is 4.78. The molecule has 2 heterocycles. The molecule has 0 aliphatic heterocycles. The van der Waals surface area contributed by atoms with Gasteiger partial charge in [0.1, 0.15) is 11.4 Å². The van der Waals surface area contributed by atoms with Gasteiger partial charge in [-0.05, 0) is 12.0 Å². The van der Waals surface area contributed by atoms with Gasteiger partial charge in [-0.1, -0.05) is 13.8 Å². The zero-order chi connectivity index (χ0) is 10.8. The Labute approximate surface area is 92.8 Å². The molecule has 0 saturated heterocycles. The molecular weight excluding hydrogens is 208 g/mol. The Kier molecular flexibility index (Phi) is 2.73. The fourth-order valence-corrected chi connectivity index (χ4v) is 1.94. The fourth-order valence-electron chi connectivity index (χ4n) is 1.38. The van der Waals surface area contributed by atoms with Gasteiger partial charge in [0.2, 0.25) is 0 Å². The number of hydrogen-bond donors (Lipinski definition) is 1. The number of nitrogens with zero attached hydrogens (tertiary/aromatic N) is 3. The predicted octanol–water partition coefficient (Wildman–Crippen LogP) is 2.24. The van der Waals surface area contributed by atoms with Crippen LogP contribution in [0.15, 0.2) is 17.6 Å². The summed E-state index contributed by atoms with van der Waals surface area (Å²) in [7, 11) is 0. The molecule has 0 spiro atoms. The van der Waals surface area contributed by atoms with Crippen LogP contribution in [0.1, 0.15) is 13.8 Å². The lowest BCUT2D eigenvalue weighted by Gasteiger charge is -2.03. The van der Waals surface area contributed by atoms with Crippen molar-refractivity contribution < 1.29 is 0 Å². The molecule has 0 saturated carbocycles. The van der Waals surface area contributed by atoms with Crippen molar-refractivity contribution in [3.8, 4) is 11.4 Å². The van der Waals surface area contributed by atoms with Crippen LogP contribution in [-0.4, -0.2) is 14.8 Å². The number of rotatable bonds is 3. The maximum absolute atomic E-state index is 5.58. The van der Waals surface area contributed by atoms with Crippen molar-refractivity contribution in [2.45, 2.75) is 20.4 Å². The topological polar surface area (TPSA) is 56.7 Å². The van der Waals surface area contributed by atoms with E-state index in [0.29, 0.717) is 11.0 Å². The van der Waals surface area contributed by atoms with Crippen molar-refractivity contribution in [1.29, 1.82) is 0 Å². The van der Waals surface area contributed by atoms with Crippen LogP contribution in [0.2, 0.25) is 0 Å². The van der Waals surface area contributed by atoms with Gasteiger partial charge in [-0.25, -0.2) is 4.98 Å². The zero-order valence-electron chi connectivity index (χ0n) is 8.84. The Morgan fingerprint density at radius 3 is 2.87 bits per heavy atom. The van der Waals surface area contributed by atoms with E-state index in [-0.39, 0.29) is 0 Å². The molecule has 2 rings (SSSR count). The molecule has 0 radical (unpaired) electrons. The van der Waals surface area contributed by atoms with Gasteiger partial charge in [-0.2, -0.15) is 5.10 Å². The van der Waals surface area contributed by atoms with E-state index >= 15 is 0 Å². The van der Waals surface area contributed by atoms with Crippen molar-refractivity contribution in [2.75, 3.05) is 5.73 Å². The van der Waals surface area contributed by atoms with Crippen molar-refractivity contribution in [1.82, 2.24) is 14.8 Å². The standard InChI is InChI=1S/C10H14N4S/c1-7(2)5-14-4-3-8(13-14)9-6-15-10(11)12-9/h3-4,6-7H,5H2,1-2H3,(H2,11,12). The number of nitrogens with two attached hydrogens (primary N) is 1. The first-order valence-electron chi connectivity index (χ1n) is 4.90. The summed E-state index contributed by atoms with van der Waals surface area (Å²) in [6.07, 6.45) is 1.98. The molecule has 0 atom stereocenters. The summed E-state index contributed by atoms with van der Waals surface area (Å²) in [5, 5.41) is 6.95. The molecule has 15 heavy (non-hydrogen) atoms. The molecule has 0 aliphatic rings. The van der Waals surface area contributed by atoms with E-state index in [0.717, 1.165) is 17.9 Å². The van der Waals surface area contributed by atoms with Crippen LogP contribution in [0.5, 0.6) is 0 Å². The molecule has 4 nitrogen and oxygen atoms in total. The SMILES string of the molecule is CC(C)Cn1ccc(-c2csc(N)n2)n1. The average Bonchev–Trinajstić information content (AvgIpc) is 2.72. The zero-order valence-corrected chi connectivity index (χ0v) is 9.66. The highest BCUT2D eigenvalue weighted by Gasteiger charge is 2.06. The molecule has 0 fully saturated rings. The number of anilines is 1. The maximum atomic E-state index is 5.58. The molecule has 5 heteroatoms. The molecule has 2 aromatic heterocycles. The fraction of sp³-hybridized carbons (Fsp3) is 0.400. The van der Waals surface area contributed by atoms with Crippen LogP contribution in [0, 0.1) is 5.92 Å². The number of aromatic nitrogens is 3. The van der Waals surface area contributed by atoms with Crippen LogP contribution < -0.4 is 5.73 Å². The smallest absolute Gasteiger partial charge is 0.180 e. The van der Waals surface area contributed by atoms with Gasteiger partial charge in [-0.15, -0.1) is 11.3 Å². The molecule has 2 N–H and O–H groups in total. The Morgan fingerprint density at radius 2 is 2.27 bits per heavy atom. The third kappa shape index (κ3) is 2.36. The van der Waals surface area contributed by atoms with E-state index in [1.165, 1.54) is 11.3 Å². The molecule has 0 aliphatic carbocycles. The summed E-state index contributed by atoms with van der Waals surface area (Å²) in [5.74, 6) is 0.596. The van der Waals surface area contributed by atoms with Crippen LogP contribution >= 0.6 is 11.3 Å². The summed E-state index contributed by atoms with van der Waals surface area (Å²) in [6.45, 7) is 5.27. The lowest BCUT2D eigenvalue weighted by atomic mass is 10.2. The molecule has 0 amide bonds. The molecule has 2 aromatic rings. The Balaban J connectivity index is 2.20. The molecular formula is C10H14N4S. The lowest BCUT2D eigenvalue weighted by Crippen LogP contribution is -2.04. The van der Waals surface area contributed by atoms with Crippen molar-refractivity contribution >= 4 is 16.5 Å². The van der Waals surface area contributed by atoms with Crippen molar-refractivity contribution in [2.24, 2.45) is 5.92 Å². The summed E-state index contributed by atoms with van der Waals surface area (Å²) in [5.41, 5.74) is 7.33. The van der Waals surface area contributed by atoms with Gasteiger partial charge in [0.25, 0.3) is 0 Å². The molecule has 80 valence electrons. The summed E-state index contributed by atoms with van der Waals surface area (Å²) < 4.78 is 1.94. The first kappa shape index (κ1) is 10.2. The second-order valence-electron chi connectivity index (χ2n) is 3.89. The van der Waals surface area contributed by atoms with Crippen molar-refractivity contribution in [3.05, 3.63) is 17.6 Å². The van der Waals surface area contributed by atoms with E-state index in [1.54, 1.807) is 0 Å². The summed E-state index contributed by atoms with van der Waals surface area (Å²) >= 11 is 1.44. The third-order valence-electron chi connectivity index (χ3n) is 1.98. The van der Waals surface area contributed by atoms with E-state index in [4.69, 9.17) is 5.73 Å². The third-order valence-corrected chi connectivity index (χ3v) is 2.65. The highest BCUT2D eigenvalue weighted by Crippen LogP contribution is 2.21. The monoisotopic (exact) mass is 222 g/mol. The minimum atomic E-state index is 0.586. The van der Waals surface area contributed by atoms with Crippen LogP contribution in [0.4, 0.5) is 5.13 Å². The number of hydrogen-bond acceptors (Lipinski definition) is 4.